The number of carbonyl (C=O) groups excluding carboxylic acids is 2. The molecule has 0 atom stereocenters. The summed E-state index contributed by atoms with van der Waals surface area (Å²) < 4.78 is 49.7. The number of ether oxygens (including phenoxy) is 2. The van der Waals surface area contributed by atoms with Gasteiger partial charge in [0.25, 0.3) is 0 Å². The summed E-state index contributed by atoms with van der Waals surface area (Å²) in [6.07, 6.45) is -4.92. The Morgan fingerprint density at radius 1 is 1.17 bits per heavy atom. The topological polar surface area (TPSA) is 82.5 Å². The minimum absolute atomic E-state index is 0.142. The van der Waals surface area contributed by atoms with Crippen molar-refractivity contribution in [2.45, 2.75) is 26.4 Å². The Labute approximate surface area is 173 Å². The third kappa shape index (κ3) is 5.77. The molecule has 7 nitrogen and oxygen atoms in total. The minimum atomic E-state index is -4.64. The average Bonchev–Trinajstić information content (AvgIpc) is 3.00. The standard InChI is InChI=1S/C17H16Cl2F3N3O4/c1-3-23-16(27)25-10(8-14(26)28-4-2)7-13(24-25)29-15-11(18)5-9(6-12(15)19)17(20,21)22/h5-7H,3-4,8H2,1-2H3,(H,23,27). The summed E-state index contributed by atoms with van der Waals surface area (Å²) in [7, 11) is 0. The molecule has 2 rings (SSSR count). The molecule has 1 heterocycles. The Hall–Kier alpha value is -2.46. The molecule has 0 fully saturated rings. The van der Waals surface area contributed by atoms with E-state index in [4.69, 9.17) is 32.7 Å². The summed E-state index contributed by atoms with van der Waals surface area (Å²) >= 11 is 11.8. The number of rotatable bonds is 6. The fraction of sp³-hybridized carbons (Fsp3) is 0.353. The number of nitrogens with one attached hydrogen (secondary N) is 1. The highest BCUT2D eigenvalue weighted by Crippen LogP contribution is 2.41. The zero-order valence-electron chi connectivity index (χ0n) is 15.3. The van der Waals surface area contributed by atoms with E-state index in [-0.39, 0.29) is 30.4 Å². The quantitative estimate of drug-likeness (QED) is 0.641. The van der Waals surface area contributed by atoms with E-state index in [0.717, 1.165) is 4.68 Å². The molecule has 0 bridgehead atoms. The van der Waals surface area contributed by atoms with Gasteiger partial charge in [-0.1, -0.05) is 23.2 Å². The number of aromatic nitrogens is 2. The van der Waals surface area contributed by atoms with E-state index in [1.807, 2.05) is 0 Å². The zero-order chi connectivity index (χ0) is 21.8. The Balaban J connectivity index is 2.38. The van der Waals surface area contributed by atoms with E-state index >= 15 is 0 Å². The summed E-state index contributed by atoms with van der Waals surface area (Å²) in [5.41, 5.74) is -0.903. The molecule has 1 N–H and O–H groups in total. The minimum Gasteiger partial charge on any atom is -0.466 e. The fourth-order valence-corrected chi connectivity index (χ4v) is 2.82. The van der Waals surface area contributed by atoms with E-state index < -0.39 is 33.8 Å². The predicted molar refractivity (Wildman–Crippen MR) is 98.6 cm³/mol. The lowest BCUT2D eigenvalue weighted by Gasteiger charge is -2.11. The number of hydrogen-bond donors (Lipinski definition) is 1. The highest BCUT2D eigenvalue weighted by Gasteiger charge is 2.32. The Kier molecular flexibility index (Phi) is 7.37. The number of esters is 1. The van der Waals surface area contributed by atoms with Gasteiger partial charge in [0.15, 0.2) is 5.75 Å². The Morgan fingerprint density at radius 2 is 1.79 bits per heavy atom. The van der Waals surface area contributed by atoms with Crippen LogP contribution in [0.25, 0.3) is 0 Å². The molecule has 0 saturated heterocycles. The monoisotopic (exact) mass is 453 g/mol. The smallest absolute Gasteiger partial charge is 0.416 e. The van der Waals surface area contributed by atoms with Crippen LogP contribution in [0.3, 0.4) is 0 Å². The lowest BCUT2D eigenvalue weighted by Crippen LogP contribution is -2.31. The Morgan fingerprint density at radius 3 is 2.31 bits per heavy atom. The van der Waals surface area contributed by atoms with Gasteiger partial charge in [-0.05, 0) is 26.0 Å². The molecule has 29 heavy (non-hydrogen) atoms. The molecule has 1 aromatic carbocycles. The van der Waals surface area contributed by atoms with Crippen molar-refractivity contribution in [2.75, 3.05) is 13.2 Å². The summed E-state index contributed by atoms with van der Waals surface area (Å²) in [5, 5.41) is 5.64. The number of amides is 1. The number of hydrogen-bond acceptors (Lipinski definition) is 5. The van der Waals surface area contributed by atoms with E-state index in [9.17, 15) is 22.8 Å². The van der Waals surface area contributed by atoms with Gasteiger partial charge in [0, 0.05) is 12.6 Å². The fourth-order valence-electron chi connectivity index (χ4n) is 2.26. The van der Waals surface area contributed by atoms with Gasteiger partial charge in [0.05, 0.1) is 34.3 Å². The van der Waals surface area contributed by atoms with Crippen molar-refractivity contribution in [3.63, 3.8) is 0 Å². The number of alkyl halides is 3. The number of carbonyl (C=O) groups is 2. The molecule has 0 aliphatic heterocycles. The van der Waals surface area contributed by atoms with Crippen molar-refractivity contribution in [2.24, 2.45) is 0 Å². The maximum Gasteiger partial charge on any atom is 0.416 e. The normalized spacial score (nSPS) is 11.3. The first-order chi connectivity index (χ1) is 13.6. The summed E-state index contributed by atoms with van der Waals surface area (Å²) in [4.78, 5) is 23.9. The van der Waals surface area contributed by atoms with Gasteiger partial charge in [-0.3, -0.25) is 4.79 Å². The molecule has 0 aliphatic carbocycles. The highest BCUT2D eigenvalue weighted by atomic mass is 35.5. The molecule has 0 unspecified atom stereocenters. The van der Waals surface area contributed by atoms with Crippen molar-refractivity contribution in [1.82, 2.24) is 15.1 Å². The molecule has 1 amide bonds. The third-order valence-electron chi connectivity index (χ3n) is 3.44. The molecular formula is C17H16Cl2F3N3O4. The van der Waals surface area contributed by atoms with Crippen LogP contribution in [-0.2, 0) is 22.1 Å². The molecule has 0 saturated carbocycles. The molecule has 2 aromatic rings. The second kappa shape index (κ2) is 9.36. The van der Waals surface area contributed by atoms with Crippen LogP contribution < -0.4 is 10.1 Å². The van der Waals surface area contributed by atoms with Gasteiger partial charge in [-0.15, -0.1) is 5.10 Å². The number of nitrogens with zero attached hydrogens (tertiary/aromatic N) is 2. The Bertz CT molecular complexity index is 893. The van der Waals surface area contributed by atoms with Crippen molar-refractivity contribution in [3.8, 4) is 11.6 Å². The first kappa shape index (κ1) is 22.8. The van der Waals surface area contributed by atoms with Crippen LogP contribution in [0.4, 0.5) is 18.0 Å². The summed E-state index contributed by atoms with van der Waals surface area (Å²) in [5.74, 6) is -1.07. The van der Waals surface area contributed by atoms with Crippen molar-refractivity contribution in [3.05, 3.63) is 39.5 Å². The second-order valence-corrected chi connectivity index (χ2v) is 6.39. The van der Waals surface area contributed by atoms with Crippen LogP contribution in [0.15, 0.2) is 18.2 Å². The lowest BCUT2D eigenvalue weighted by atomic mass is 10.2. The zero-order valence-corrected chi connectivity index (χ0v) is 16.8. The lowest BCUT2D eigenvalue weighted by molar-refractivity contribution is -0.142. The van der Waals surface area contributed by atoms with Crippen LogP contribution in [0.2, 0.25) is 10.0 Å². The number of halogens is 5. The van der Waals surface area contributed by atoms with Gasteiger partial charge in [-0.25, -0.2) is 4.79 Å². The molecular weight excluding hydrogens is 438 g/mol. The van der Waals surface area contributed by atoms with Crippen LogP contribution in [0.5, 0.6) is 11.6 Å². The maximum atomic E-state index is 12.8. The van der Waals surface area contributed by atoms with E-state index in [1.54, 1.807) is 13.8 Å². The van der Waals surface area contributed by atoms with Crippen LogP contribution in [-0.4, -0.2) is 34.9 Å². The van der Waals surface area contributed by atoms with Gasteiger partial charge < -0.3 is 14.8 Å². The number of benzene rings is 1. The van der Waals surface area contributed by atoms with Crippen molar-refractivity contribution in [1.29, 1.82) is 0 Å². The van der Waals surface area contributed by atoms with E-state index in [2.05, 4.69) is 10.4 Å². The largest absolute Gasteiger partial charge is 0.466 e. The van der Waals surface area contributed by atoms with Gasteiger partial charge in [0.2, 0.25) is 5.88 Å². The molecule has 0 radical (unpaired) electrons. The highest BCUT2D eigenvalue weighted by molar-refractivity contribution is 6.37. The molecule has 12 heteroatoms. The third-order valence-corrected chi connectivity index (χ3v) is 4.01. The van der Waals surface area contributed by atoms with Crippen molar-refractivity contribution < 1.29 is 32.2 Å². The van der Waals surface area contributed by atoms with E-state index in [1.165, 1.54) is 6.07 Å². The predicted octanol–water partition coefficient (Wildman–Crippen LogP) is 4.68. The first-order valence-corrected chi connectivity index (χ1v) is 9.09. The van der Waals surface area contributed by atoms with E-state index in [0.29, 0.717) is 18.7 Å². The van der Waals surface area contributed by atoms with Gasteiger partial charge >= 0.3 is 18.2 Å². The summed E-state index contributed by atoms with van der Waals surface area (Å²) in [6.45, 7) is 3.76. The van der Waals surface area contributed by atoms with Gasteiger partial charge in [-0.2, -0.15) is 17.9 Å². The summed E-state index contributed by atoms with van der Waals surface area (Å²) in [6, 6.07) is 1.94. The molecule has 0 spiro atoms. The maximum absolute atomic E-state index is 12.8. The van der Waals surface area contributed by atoms with Crippen molar-refractivity contribution >= 4 is 35.2 Å². The first-order valence-electron chi connectivity index (χ1n) is 8.33. The SMILES string of the molecule is CCNC(=O)n1nc(Oc2c(Cl)cc(C(F)(F)F)cc2Cl)cc1CC(=O)OCC. The van der Waals surface area contributed by atoms with Crippen LogP contribution >= 0.6 is 23.2 Å². The van der Waals surface area contributed by atoms with Gasteiger partial charge in [0.1, 0.15) is 0 Å². The molecule has 158 valence electrons. The molecule has 0 aliphatic rings. The second-order valence-electron chi connectivity index (χ2n) is 5.57. The molecule has 1 aromatic heterocycles. The van der Waals surface area contributed by atoms with Crippen LogP contribution in [0, 0.1) is 0 Å². The average molecular weight is 454 g/mol. The van der Waals surface area contributed by atoms with Crippen LogP contribution in [0.1, 0.15) is 25.1 Å².